The molecule has 18 heavy (non-hydrogen) atoms. The molecule has 1 saturated carbocycles. The Labute approximate surface area is 107 Å². The van der Waals surface area contributed by atoms with Crippen LogP contribution in [-0.4, -0.2) is 35.1 Å². The molecule has 0 amide bonds. The van der Waals surface area contributed by atoms with Crippen molar-refractivity contribution in [1.82, 2.24) is 4.90 Å². The van der Waals surface area contributed by atoms with Crippen LogP contribution in [0.3, 0.4) is 0 Å². The first-order valence-corrected chi connectivity index (χ1v) is 6.77. The molecule has 1 heterocycles. The predicted octanol–water partition coefficient (Wildman–Crippen LogP) is 2.34. The number of benzene rings is 1. The maximum atomic E-state index is 11.1. The van der Waals surface area contributed by atoms with Crippen molar-refractivity contribution in [1.29, 1.82) is 0 Å². The highest BCUT2D eigenvalue weighted by Crippen LogP contribution is 2.48. The molecule has 3 rings (SSSR count). The third-order valence-electron chi connectivity index (χ3n) is 4.27. The van der Waals surface area contributed by atoms with Gasteiger partial charge in [0.2, 0.25) is 0 Å². The molecular formula is C15H19NO2. The molecule has 0 radical (unpaired) electrons. The second-order valence-electron chi connectivity index (χ2n) is 5.50. The van der Waals surface area contributed by atoms with E-state index < -0.39 is 5.97 Å². The molecule has 1 aromatic rings. The zero-order chi connectivity index (χ0) is 12.5. The summed E-state index contributed by atoms with van der Waals surface area (Å²) in [5.74, 6) is 0.665. The zero-order valence-electron chi connectivity index (χ0n) is 10.5. The lowest BCUT2D eigenvalue weighted by Crippen LogP contribution is -2.37. The highest BCUT2D eigenvalue weighted by atomic mass is 16.4. The van der Waals surface area contributed by atoms with Crippen LogP contribution in [0.15, 0.2) is 30.3 Å². The van der Waals surface area contributed by atoms with Crippen LogP contribution >= 0.6 is 0 Å². The van der Waals surface area contributed by atoms with Crippen molar-refractivity contribution in [2.45, 2.75) is 31.2 Å². The van der Waals surface area contributed by atoms with Gasteiger partial charge >= 0.3 is 5.97 Å². The van der Waals surface area contributed by atoms with E-state index in [1.54, 1.807) is 0 Å². The molecule has 1 aliphatic heterocycles. The number of nitrogens with zero attached hydrogens (tertiary/aromatic N) is 1. The molecule has 2 unspecified atom stereocenters. The molecule has 96 valence electrons. The van der Waals surface area contributed by atoms with E-state index in [9.17, 15) is 4.79 Å². The fourth-order valence-electron chi connectivity index (χ4n) is 3.18. The minimum Gasteiger partial charge on any atom is -0.480 e. The molecule has 1 saturated heterocycles. The van der Waals surface area contributed by atoms with Crippen LogP contribution in [-0.2, 0) is 4.79 Å². The number of aliphatic carboxylic acids is 1. The fraction of sp³-hybridized carbons (Fsp3) is 0.533. The lowest BCUT2D eigenvalue weighted by atomic mass is 10.1. The van der Waals surface area contributed by atoms with E-state index in [4.69, 9.17) is 5.11 Å². The Balaban J connectivity index is 1.58. The Morgan fingerprint density at radius 3 is 2.83 bits per heavy atom. The molecule has 0 bridgehead atoms. The normalized spacial score (nSPS) is 31.4. The summed E-state index contributed by atoms with van der Waals surface area (Å²) < 4.78 is 0. The average molecular weight is 245 g/mol. The van der Waals surface area contributed by atoms with Crippen LogP contribution in [0.4, 0.5) is 0 Å². The van der Waals surface area contributed by atoms with Crippen molar-refractivity contribution < 1.29 is 9.90 Å². The molecule has 2 aliphatic rings. The molecule has 0 spiro atoms. The summed E-state index contributed by atoms with van der Waals surface area (Å²) in [7, 11) is 0. The third kappa shape index (κ3) is 2.27. The van der Waals surface area contributed by atoms with Crippen LogP contribution in [0.5, 0.6) is 0 Å². The first-order chi connectivity index (χ1) is 8.75. The minimum absolute atomic E-state index is 0.234. The van der Waals surface area contributed by atoms with Crippen molar-refractivity contribution >= 4 is 5.97 Å². The van der Waals surface area contributed by atoms with Gasteiger partial charge in [-0.3, -0.25) is 9.69 Å². The number of hydrogen-bond acceptors (Lipinski definition) is 2. The summed E-state index contributed by atoms with van der Waals surface area (Å²) in [4.78, 5) is 13.3. The van der Waals surface area contributed by atoms with Crippen LogP contribution in [0.25, 0.3) is 0 Å². The molecule has 1 N–H and O–H groups in total. The molecule has 3 nitrogen and oxygen atoms in total. The summed E-state index contributed by atoms with van der Waals surface area (Å²) >= 11 is 0. The molecule has 0 aromatic heterocycles. The van der Waals surface area contributed by atoms with E-state index in [1.165, 1.54) is 12.0 Å². The van der Waals surface area contributed by atoms with Gasteiger partial charge in [-0.1, -0.05) is 30.3 Å². The highest BCUT2D eigenvalue weighted by Gasteiger charge is 2.42. The summed E-state index contributed by atoms with van der Waals surface area (Å²) in [6.45, 7) is 1.91. The Hall–Kier alpha value is -1.35. The number of rotatable bonds is 4. The highest BCUT2D eigenvalue weighted by molar-refractivity contribution is 5.73. The summed E-state index contributed by atoms with van der Waals surface area (Å²) in [6, 6.07) is 10.3. The van der Waals surface area contributed by atoms with E-state index >= 15 is 0 Å². The van der Waals surface area contributed by atoms with Gasteiger partial charge in [0.15, 0.2) is 0 Å². The molecular weight excluding hydrogens is 226 g/mol. The first-order valence-electron chi connectivity index (χ1n) is 6.77. The largest absolute Gasteiger partial charge is 0.480 e. The smallest absolute Gasteiger partial charge is 0.320 e. The van der Waals surface area contributed by atoms with Crippen LogP contribution in [0.1, 0.15) is 30.7 Å². The maximum Gasteiger partial charge on any atom is 0.320 e. The maximum absolute atomic E-state index is 11.1. The number of hydrogen-bond donors (Lipinski definition) is 1. The van der Waals surface area contributed by atoms with Crippen molar-refractivity contribution in [3.8, 4) is 0 Å². The van der Waals surface area contributed by atoms with Crippen LogP contribution in [0.2, 0.25) is 0 Å². The number of carbonyl (C=O) groups is 1. The standard InChI is InChI=1S/C15H19NO2/c17-15(18)14-7-4-8-16(14)10-12-9-13(12)11-5-2-1-3-6-11/h1-3,5-6,12-14H,4,7-10H2,(H,17,18)/t12?,13?,14-/m1/s1. The van der Waals surface area contributed by atoms with E-state index in [0.717, 1.165) is 25.9 Å². The Bertz CT molecular complexity index is 431. The van der Waals surface area contributed by atoms with Gasteiger partial charge in [0.25, 0.3) is 0 Å². The topological polar surface area (TPSA) is 40.5 Å². The van der Waals surface area contributed by atoms with Crippen LogP contribution < -0.4 is 0 Å². The van der Waals surface area contributed by atoms with Crippen molar-refractivity contribution in [3.05, 3.63) is 35.9 Å². The summed E-state index contributed by atoms with van der Waals surface area (Å²) in [6.07, 6.45) is 3.06. The van der Waals surface area contributed by atoms with Gasteiger partial charge in [0.05, 0.1) is 0 Å². The first kappa shape index (κ1) is 11.7. The Morgan fingerprint density at radius 2 is 2.11 bits per heavy atom. The second kappa shape index (κ2) is 4.73. The zero-order valence-corrected chi connectivity index (χ0v) is 10.5. The van der Waals surface area contributed by atoms with Gasteiger partial charge in [-0.25, -0.2) is 0 Å². The average Bonchev–Trinajstić information content (AvgIpc) is 2.97. The van der Waals surface area contributed by atoms with Crippen LogP contribution in [0, 0.1) is 5.92 Å². The van der Waals surface area contributed by atoms with Gasteiger partial charge in [-0.2, -0.15) is 0 Å². The van der Waals surface area contributed by atoms with Crippen molar-refractivity contribution in [3.63, 3.8) is 0 Å². The molecule has 1 aliphatic carbocycles. The number of carboxylic acids is 1. The quantitative estimate of drug-likeness (QED) is 0.885. The minimum atomic E-state index is -0.649. The van der Waals surface area contributed by atoms with E-state index in [1.807, 2.05) is 6.07 Å². The molecule has 2 fully saturated rings. The monoisotopic (exact) mass is 245 g/mol. The van der Waals surface area contributed by atoms with Gasteiger partial charge in [-0.05, 0) is 43.2 Å². The molecule has 3 heteroatoms. The van der Waals surface area contributed by atoms with E-state index in [2.05, 4.69) is 29.2 Å². The van der Waals surface area contributed by atoms with E-state index in [-0.39, 0.29) is 6.04 Å². The van der Waals surface area contributed by atoms with Gasteiger partial charge in [-0.15, -0.1) is 0 Å². The fourth-order valence-corrected chi connectivity index (χ4v) is 3.18. The number of likely N-dealkylation sites (tertiary alicyclic amines) is 1. The Kier molecular flexibility index (Phi) is 3.08. The number of carboxylic acid groups (broad SMARTS) is 1. The molecule has 3 atom stereocenters. The van der Waals surface area contributed by atoms with Crippen molar-refractivity contribution in [2.75, 3.05) is 13.1 Å². The second-order valence-corrected chi connectivity index (χ2v) is 5.50. The van der Waals surface area contributed by atoms with Crippen molar-refractivity contribution in [2.24, 2.45) is 5.92 Å². The van der Waals surface area contributed by atoms with Gasteiger partial charge in [0.1, 0.15) is 6.04 Å². The summed E-state index contributed by atoms with van der Waals surface area (Å²) in [5, 5.41) is 9.16. The SMILES string of the molecule is O=C(O)[C@H]1CCCN1CC1CC1c1ccccc1. The third-order valence-corrected chi connectivity index (χ3v) is 4.27. The van der Waals surface area contributed by atoms with Gasteiger partial charge < -0.3 is 5.11 Å². The predicted molar refractivity (Wildman–Crippen MR) is 69.5 cm³/mol. The Morgan fingerprint density at radius 1 is 1.33 bits per heavy atom. The van der Waals surface area contributed by atoms with Gasteiger partial charge in [0, 0.05) is 6.54 Å². The lowest BCUT2D eigenvalue weighted by molar-refractivity contribution is -0.142. The van der Waals surface area contributed by atoms with E-state index in [0.29, 0.717) is 11.8 Å². The summed E-state index contributed by atoms with van der Waals surface area (Å²) in [5.41, 5.74) is 1.41. The lowest BCUT2D eigenvalue weighted by Gasteiger charge is -2.20. The molecule has 1 aromatic carbocycles.